The third kappa shape index (κ3) is 3.14. The summed E-state index contributed by atoms with van der Waals surface area (Å²) in [7, 11) is 0. The van der Waals surface area contributed by atoms with Crippen LogP contribution in [0.3, 0.4) is 0 Å². The number of rotatable bonds is 3. The standard InChI is InChI=1S/C14H11FN4O/c1-2-11-5-9(7-16)6-12(18-11)14(20)19-13-4-3-10(15)8-17-13/h3-6,8H,2H2,1H3,(H,17,19,20). The first-order valence-corrected chi connectivity index (χ1v) is 5.96. The van der Waals surface area contributed by atoms with Crippen LogP contribution in [-0.2, 0) is 6.42 Å². The first kappa shape index (κ1) is 13.6. The molecule has 2 aromatic heterocycles. The van der Waals surface area contributed by atoms with Crippen molar-refractivity contribution in [3.05, 3.63) is 53.2 Å². The molecule has 6 heteroatoms. The van der Waals surface area contributed by atoms with E-state index in [1.165, 1.54) is 18.2 Å². The summed E-state index contributed by atoms with van der Waals surface area (Å²) < 4.78 is 12.7. The third-order valence-electron chi connectivity index (χ3n) is 2.57. The number of carbonyl (C=O) groups excluding carboxylic acids is 1. The maximum atomic E-state index is 12.7. The summed E-state index contributed by atoms with van der Waals surface area (Å²) in [6.45, 7) is 1.88. The normalized spacial score (nSPS) is 9.85. The summed E-state index contributed by atoms with van der Waals surface area (Å²) in [5.41, 5.74) is 1.15. The van der Waals surface area contributed by atoms with Crippen LogP contribution >= 0.6 is 0 Å². The highest BCUT2D eigenvalue weighted by molar-refractivity contribution is 6.02. The fraction of sp³-hybridized carbons (Fsp3) is 0.143. The molecule has 20 heavy (non-hydrogen) atoms. The number of amides is 1. The Labute approximate surface area is 115 Å². The number of aryl methyl sites for hydroxylation is 1. The molecule has 0 bridgehead atoms. The number of nitrogens with zero attached hydrogens (tertiary/aromatic N) is 3. The molecular weight excluding hydrogens is 259 g/mol. The molecule has 0 unspecified atom stereocenters. The number of aromatic nitrogens is 2. The van der Waals surface area contributed by atoms with Crippen LogP contribution in [0.4, 0.5) is 10.2 Å². The minimum absolute atomic E-state index is 0.132. The van der Waals surface area contributed by atoms with Crippen molar-refractivity contribution in [2.75, 3.05) is 5.32 Å². The predicted molar refractivity (Wildman–Crippen MR) is 70.5 cm³/mol. The topological polar surface area (TPSA) is 78.7 Å². The molecule has 0 aliphatic rings. The van der Waals surface area contributed by atoms with Gasteiger partial charge in [-0.05, 0) is 30.7 Å². The minimum Gasteiger partial charge on any atom is -0.305 e. The van der Waals surface area contributed by atoms with Crippen molar-refractivity contribution in [1.29, 1.82) is 5.26 Å². The lowest BCUT2D eigenvalue weighted by Crippen LogP contribution is -2.15. The summed E-state index contributed by atoms with van der Waals surface area (Å²) in [5.74, 6) is -0.754. The van der Waals surface area contributed by atoms with Gasteiger partial charge in [0.1, 0.15) is 17.3 Å². The number of hydrogen-bond donors (Lipinski definition) is 1. The van der Waals surface area contributed by atoms with E-state index < -0.39 is 11.7 Å². The van der Waals surface area contributed by atoms with Crippen molar-refractivity contribution < 1.29 is 9.18 Å². The Kier molecular flexibility index (Phi) is 4.01. The van der Waals surface area contributed by atoms with Crippen molar-refractivity contribution in [1.82, 2.24) is 9.97 Å². The molecule has 0 saturated heterocycles. The SMILES string of the molecule is CCc1cc(C#N)cc(C(=O)Nc2ccc(F)cn2)n1. The van der Waals surface area contributed by atoms with E-state index in [0.29, 0.717) is 17.7 Å². The van der Waals surface area contributed by atoms with Gasteiger partial charge in [-0.1, -0.05) is 6.92 Å². The largest absolute Gasteiger partial charge is 0.305 e. The van der Waals surface area contributed by atoms with Gasteiger partial charge in [-0.15, -0.1) is 0 Å². The fourth-order valence-electron chi connectivity index (χ4n) is 1.58. The van der Waals surface area contributed by atoms with Crippen LogP contribution in [0.15, 0.2) is 30.5 Å². The lowest BCUT2D eigenvalue weighted by atomic mass is 10.1. The highest BCUT2D eigenvalue weighted by Gasteiger charge is 2.11. The van der Waals surface area contributed by atoms with E-state index in [4.69, 9.17) is 5.26 Å². The molecule has 2 heterocycles. The molecule has 100 valence electrons. The van der Waals surface area contributed by atoms with Crippen LogP contribution in [0.1, 0.15) is 28.7 Å². The lowest BCUT2D eigenvalue weighted by molar-refractivity contribution is 0.102. The van der Waals surface area contributed by atoms with E-state index in [1.54, 1.807) is 6.07 Å². The van der Waals surface area contributed by atoms with E-state index in [1.807, 2.05) is 13.0 Å². The van der Waals surface area contributed by atoms with Crippen molar-refractivity contribution in [2.45, 2.75) is 13.3 Å². The van der Waals surface area contributed by atoms with Crippen LogP contribution < -0.4 is 5.32 Å². The molecular formula is C14H11FN4O. The fourth-order valence-corrected chi connectivity index (χ4v) is 1.58. The number of anilines is 1. The number of carbonyl (C=O) groups is 1. The molecule has 2 aromatic rings. The molecule has 0 saturated carbocycles. The molecule has 1 amide bonds. The van der Waals surface area contributed by atoms with Crippen LogP contribution in [0.25, 0.3) is 0 Å². The third-order valence-corrected chi connectivity index (χ3v) is 2.57. The lowest BCUT2D eigenvalue weighted by Gasteiger charge is -2.05. The average Bonchev–Trinajstić information content (AvgIpc) is 2.48. The molecule has 2 rings (SSSR count). The van der Waals surface area contributed by atoms with Gasteiger partial charge in [0.05, 0.1) is 17.8 Å². The molecule has 0 aromatic carbocycles. The van der Waals surface area contributed by atoms with Gasteiger partial charge in [-0.2, -0.15) is 5.26 Å². The Morgan fingerprint density at radius 1 is 1.45 bits per heavy atom. The second-order valence-corrected chi connectivity index (χ2v) is 4.01. The second-order valence-electron chi connectivity index (χ2n) is 4.01. The first-order valence-electron chi connectivity index (χ1n) is 5.96. The van der Waals surface area contributed by atoms with Crippen molar-refractivity contribution in [2.24, 2.45) is 0 Å². The predicted octanol–water partition coefficient (Wildman–Crippen LogP) is 2.30. The number of nitrogens with one attached hydrogen (secondary N) is 1. The monoisotopic (exact) mass is 270 g/mol. The maximum Gasteiger partial charge on any atom is 0.275 e. The number of nitriles is 1. The summed E-state index contributed by atoms with van der Waals surface area (Å²) in [5, 5.41) is 11.4. The summed E-state index contributed by atoms with van der Waals surface area (Å²) in [6, 6.07) is 7.56. The Balaban J connectivity index is 2.25. The van der Waals surface area contributed by atoms with Crippen molar-refractivity contribution >= 4 is 11.7 Å². The van der Waals surface area contributed by atoms with Gasteiger partial charge in [0.15, 0.2) is 0 Å². The van der Waals surface area contributed by atoms with E-state index in [-0.39, 0.29) is 11.5 Å². The number of pyridine rings is 2. The van der Waals surface area contributed by atoms with Crippen LogP contribution in [0, 0.1) is 17.1 Å². The van der Waals surface area contributed by atoms with E-state index >= 15 is 0 Å². The Morgan fingerprint density at radius 3 is 2.85 bits per heavy atom. The van der Waals surface area contributed by atoms with Gasteiger partial charge >= 0.3 is 0 Å². The van der Waals surface area contributed by atoms with Gasteiger partial charge in [0.25, 0.3) is 5.91 Å². The van der Waals surface area contributed by atoms with E-state index in [0.717, 1.165) is 6.20 Å². The molecule has 0 fully saturated rings. The van der Waals surface area contributed by atoms with Crippen LogP contribution in [0.2, 0.25) is 0 Å². The molecule has 0 radical (unpaired) electrons. The van der Waals surface area contributed by atoms with Gasteiger partial charge < -0.3 is 5.32 Å². The molecule has 0 atom stereocenters. The smallest absolute Gasteiger partial charge is 0.275 e. The Morgan fingerprint density at radius 2 is 2.25 bits per heavy atom. The summed E-state index contributed by atoms with van der Waals surface area (Å²) in [4.78, 5) is 19.9. The van der Waals surface area contributed by atoms with Crippen molar-refractivity contribution in [3.63, 3.8) is 0 Å². The molecule has 0 aliphatic heterocycles. The zero-order valence-corrected chi connectivity index (χ0v) is 10.7. The average molecular weight is 270 g/mol. The molecule has 1 N–H and O–H groups in total. The Bertz CT molecular complexity index is 677. The van der Waals surface area contributed by atoms with Crippen molar-refractivity contribution in [3.8, 4) is 6.07 Å². The zero-order chi connectivity index (χ0) is 14.5. The minimum atomic E-state index is -0.490. The Hall–Kier alpha value is -2.81. The highest BCUT2D eigenvalue weighted by atomic mass is 19.1. The quantitative estimate of drug-likeness (QED) is 0.928. The highest BCUT2D eigenvalue weighted by Crippen LogP contribution is 2.09. The van der Waals surface area contributed by atoms with Crippen LogP contribution in [-0.4, -0.2) is 15.9 Å². The van der Waals surface area contributed by atoms with Gasteiger partial charge in [-0.25, -0.2) is 14.4 Å². The zero-order valence-electron chi connectivity index (χ0n) is 10.7. The maximum absolute atomic E-state index is 12.7. The van der Waals surface area contributed by atoms with Gasteiger partial charge in [-0.3, -0.25) is 4.79 Å². The number of halogens is 1. The van der Waals surface area contributed by atoms with Gasteiger partial charge in [0, 0.05) is 5.69 Å². The van der Waals surface area contributed by atoms with Crippen LogP contribution in [0.5, 0.6) is 0 Å². The number of hydrogen-bond acceptors (Lipinski definition) is 4. The first-order chi connectivity index (χ1) is 9.62. The summed E-state index contributed by atoms with van der Waals surface area (Å²) >= 11 is 0. The second kappa shape index (κ2) is 5.89. The molecule has 0 spiro atoms. The van der Waals surface area contributed by atoms with E-state index in [9.17, 15) is 9.18 Å². The summed E-state index contributed by atoms with van der Waals surface area (Å²) in [6.07, 6.45) is 1.62. The van der Waals surface area contributed by atoms with E-state index in [2.05, 4.69) is 15.3 Å². The van der Waals surface area contributed by atoms with Gasteiger partial charge in [0.2, 0.25) is 0 Å². The molecule has 0 aliphatic carbocycles. The molecule has 5 nitrogen and oxygen atoms in total.